The molecule has 1 heterocycles. The minimum Gasteiger partial charge on any atom is -0.508 e. The van der Waals surface area contributed by atoms with Gasteiger partial charge in [0.05, 0.1) is 0 Å². The van der Waals surface area contributed by atoms with Crippen molar-refractivity contribution in [2.24, 2.45) is 17.8 Å². The molecule has 2 bridgehead atoms. The molecule has 1 aliphatic carbocycles. The van der Waals surface area contributed by atoms with Crippen LogP contribution in [0.3, 0.4) is 0 Å². The molecule has 0 aromatic heterocycles. The van der Waals surface area contributed by atoms with Crippen LogP contribution in [0.25, 0.3) is 0 Å². The van der Waals surface area contributed by atoms with Gasteiger partial charge in [0.1, 0.15) is 5.75 Å². The molecule has 2 heteroatoms. The maximum Gasteiger partial charge on any atom is 0.115 e. The summed E-state index contributed by atoms with van der Waals surface area (Å²) in [5.74, 6) is 2.99. The third-order valence-corrected chi connectivity index (χ3v) is 7.18. The minimum atomic E-state index is 0.264. The van der Waals surface area contributed by atoms with Gasteiger partial charge in [-0.25, -0.2) is 0 Å². The van der Waals surface area contributed by atoms with Crippen molar-refractivity contribution in [2.45, 2.75) is 51.0 Å². The summed E-state index contributed by atoms with van der Waals surface area (Å²) in [5.41, 5.74) is 3.04. The van der Waals surface area contributed by atoms with Crippen LogP contribution in [0.15, 0.2) is 54.6 Å². The molecule has 5 unspecified atom stereocenters. The van der Waals surface area contributed by atoms with Crippen LogP contribution >= 0.6 is 0 Å². The van der Waals surface area contributed by atoms with E-state index in [9.17, 15) is 5.11 Å². The first-order valence-electron chi connectivity index (χ1n) is 10.2. The van der Waals surface area contributed by atoms with Crippen LogP contribution in [0.1, 0.15) is 50.2 Å². The lowest BCUT2D eigenvalue weighted by atomic mass is 9.56. The smallest absolute Gasteiger partial charge is 0.115 e. The van der Waals surface area contributed by atoms with E-state index in [2.05, 4.69) is 55.6 Å². The van der Waals surface area contributed by atoms with Gasteiger partial charge in [0.2, 0.25) is 0 Å². The summed E-state index contributed by atoms with van der Waals surface area (Å²) >= 11 is 0. The van der Waals surface area contributed by atoms with Crippen LogP contribution < -0.4 is 5.32 Å². The van der Waals surface area contributed by atoms with E-state index in [1.807, 2.05) is 12.1 Å². The van der Waals surface area contributed by atoms with Crippen molar-refractivity contribution >= 4 is 0 Å². The average molecular weight is 350 g/mol. The first-order valence-corrected chi connectivity index (χ1v) is 10.2. The zero-order valence-corrected chi connectivity index (χ0v) is 16.0. The highest BCUT2D eigenvalue weighted by Crippen LogP contribution is 2.52. The van der Waals surface area contributed by atoms with E-state index in [4.69, 9.17) is 0 Å². The van der Waals surface area contributed by atoms with Gasteiger partial charge < -0.3 is 10.4 Å². The van der Waals surface area contributed by atoms with E-state index in [1.165, 1.54) is 30.4 Å². The van der Waals surface area contributed by atoms with Crippen molar-refractivity contribution in [3.05, 3.63) is 65.7 Å². The summed E-state index contributed by atoms with van der Waals surface area (Å²) in [6.07, 6.45) is 4.83. The van der Waals surface area contributed by atoms with E-state index in [0.29, 0.717) is 29.4 Å². The summed E-state index contributed by atoms with van der Waals surface area (Å²) in [4.78, 5) is 0. The molecule has 5 atom stereocenters. The van der Waals surface area contributed by atoms with Gasteiger partial charge in [-0.1, -0.05) is 56.3 Å². The second-order valence-electron chi connectivity index (χ2n) is 8.71. The van der Waals surface area contributed by atoms with Gasteiger partial charge in [-0.05, 0) is 79.2 Å². The molecule has 1 aliphatic heterocycles. The topological polar surface area (TPSA) is 32.3 Å². The van der Waals surface area contributed by atoms with Gasteiger partial charge in [-0.15, -0.1) is 0 Å². The molecule has 2 nitrogen and oxygen atoms in total. The van der Waals surface area contributed by atoms with Gasteiger partial charge >= 0.3 is 0 Å². The Hall–Kier alpha value is -1.80. The molecule has 2 N–H and O–H groups in total. The van der Waals surface area contributed by atoms with Crippen LogP contribution in [0.2, 0.25) is 0 Å². The number of rotatable bonds is 4. The van der Waals surface area contributed by atoms with Gasteiger partial charge in [0.15, 0.2) is 0 Å². The summed E-state index contributed by atoms with van der Waals surface area (Å²) in [5, 5.41) is 13.9. The van der Waals surface area contributed by atoms with Crippen molar-refractivity contribution in [1.82, 2.24) is 5.32 Å². The number of aromatic hydroxyl groups is 1. The fraction of sp³-hybridized carbons (Fsp3) is 0.500. The van der Waals surface area contributed by atoms with Crippen LogP contribution in [-0.4, -0.2) is 17.2 Å². The molecule has 0 spiro atoms. The second-order valence-corrected chi connectivity index (χ2v) is 8.71. The van der Waals surface area contributed by atoms with Gasteiger partial charge in [-0.2, -0.15) is 0 Å². The predicted molar refractivity (Wildman–Crippen MR) is 107 cm³/mol. The summed E-state index contributed by atoms with van der Waals surface area (Å²) in [6.45, 7) is 5.93. The lowest BCUT2D eigenvalue weighted by Gasteiger charge is -2.56. The number of aryl methyl sites for hydroxylation is 1. The Morgan fingerprint density at radius 3 is 2.65 bits per heavy atom. The van der Waals surface area contributed by atoms with E-state index >= 15 is 0 Å². The SMILES string of the molecule is CC1CNC2(CCc3ccccc3)CC1C(c1cccc(O)c1)CC2C. The third-order valence-electron chi connectivity index (χ3n) is 7.18. The zero-order chi connectivity index (χ0) is 18.1. The molecule has 2 aliphatic rings. The molecular formula is C24H31NO. The lowest BCUT2D eigenvalue weighted by molar-refractivity contribution is 0.0196. The van der Waals surface area contributed by atoms with Gasteiger partial charge in [0.25, 0.3) is 0 Å². The number of hydrogen-bond donors (Lipinski definition) is 2. The third kappa shape index (κ3) is 3.27. The molecule has 4 rings (SSSR count). The first-order chi connectivity index (χ1) is 12.6. The maximum atomic E-state index is 9.95. The van der Waals surface area contributed by atoms with Gasteiger partial charge in [-0.3, -0.25) is 0 Å². The molecule has 1 saturated heterocycles. The Morgan fingerprint density at radius 2 is 1.88 bits per heavy atom. The number of benzene rings is 2. The number of phenols is 1. The number of piperidine rings is 1. The number of hydrogen-bond acceptors (Lipinski definition) is 2. The molecule has 138 valence electrons. The Labute approximate surface area is 157 Å². The summed E-state index contributed by atoms with van der Waals surface area (Å²) < 4.78 is 0. The fourth-order valence-corrected chi connectivity index (χ4v) is 5.49. The standard InChI is InChI=1S/C24H31NO/c1-17-16-25-24(12-11-19-7-4-3-5-8-19)15-23(17)22(13-18(24)2)20-9-6-10-21(26)14-20/h3-10,14,17-18,22-23,25-26H,11-13,15-16H2,1-2H3. The molecule has 2 aromatic carbocycles. The Morgan fingerprint density at radius 1 is 1.08 bits per heavy atom. The van der Waals surface area contributed by atoms with Crippen molar-refractivity contribution in [3.63, 3.8) is 0 Å². The Bertz CT molecular complexity index is 743. The number of fused-ring (bicyclic) bond motifs is 2. The van der Waals surface area contributed by atoms with Crippen molar-refractivity contribution in [1.29, 1.82) is 0 Å². The molecule has 1 saturated carbocycles. The molecule has 0 radical (unpaired) electrons. The lowest BCUT2D eigenvalue weighted by Crippen LogP contribution is -2.61. The van der Waals surface area contributed by atoms with E-state index in [-0.39, 0.29) is 5.54 Å². The van der Waals surface area contributed by atoms with Crippen molar-refractivity contribution in [2.75, 3.05) is 6.54 Å². The van der Waals surface area contributed by atoms with E-state index in [1.54, 1.807) is 6.07 Å². The fourth-order valence-electron chi connectivity index (χ4n) is 5.49. The molecule has 0 amide bonds. The maximum absolute atomic E-state index is 9.95. The quantitative estimate of drug-likeness (QED) is 0.802. The average Bonchev–Trinajstić information content (AvgIpc) is 2.66. The molecular weight excluding hydrogens is 318 g/mol. The van der Waals surface area contributed by atoms with Crippen LogP contribution in [-0.2, 0) is 6.42 Å². The van der Waals surface area contributed by atoms with Crippen LogP contribution in [0.5, 0.6) is 5.75 Å². The van der Waals surface area contributed by atoms with E-state index < -0.39 is 0 Å². The van der Waals surface area contributed by atoms with Crippen molar-refractivity contribution < 1.29 is 5.11 Å². The Balaban J connectivity index is 1.56. The Kier molecular flexibility index (Phi) is 4.79. The highest BCUT2D eigenvalue weighted by molar-refractivity contribution is 5.31. The van der Waals surface area contributed by atoms with Crippen LogP contribution in [0, 0.1) is 17.8 Å². The van der Waals surface area contributed by atoms with Crippen LogP contribution in [0.4, 0.5) is 0 Å². The van der Waals surface area contributed by atoms with E-state index in [0.717, 1.165) is 13.0 Å². The summed E-state index contributed by atoms with van der Waals surface area (Å²) in [7, 11) is 0. The molecule has 26 heavy (non-hydrogen) atoms. The van der Waals surface area contributed by atoms with Gasteiger partial charge in [0, 0.05) is 5.54 Å². The highest BCUT2D eigenvalue weighted by atomic mass is 16.3. The minimum absolute atomic E-state index is 0.264. The number of phenolic OH excluding ortho intramolecular Hbond substituents is 1. The zero-order valence-electron chi connectivity index (χ0n) is 16.0. The predicted octanol–water partition coefficient (Wildman–Crippen LogP) is 5.13. The number of nitrogens with one attached hydrogen (secondary N) is 1. The highest BCUT2D eigenvalue weighted by Gasteiger charge is 2.49. The largest absolute Gasteiger partial charge is 0.508 e. The molecule has 2 aromatic rings. The molecule has 2 fully saturated rings. The normalized spacial score (nSPS) is 33.8. The monoisotopic (exact) mass is 349 g/mol. The van der Waals surface area contributed by atoms with Crippen molar-refractivity contribution in [3.8, 4) is 5.75 Å². The second kappa shape index (κ2) is 7.08. The summed E-state index contributed by atoms with van der Waals surface area (Å²) in [6, 6.07) is 18.9. The first kappa shape index (κ1) is 17.6.